The van der Waals surface area contributed by atoms with Crippen LogP contribution in [0.5, 0.6) is 0 Å². The molecule has 2 aromatic rings. The quantitative estimate of drug-likeness (QED) is 0.695. The van der Waals surface area contributed by atoms with Crippen LogP contribution in [-0.2, 0) is 13.0 Å². The number of hydrogen-bond donors (Lipinski definition) is 0. The summed E-state index contributed by atoms with van der Waals surface area (Å²) in [5.41, 5.74) is 4.87. The predicted octanol–water partition coefficient (Wildman–Crippen LogP) is 5.27. The first-order chi connectivity index (χ1) is 13.3. The molecule has 2 aliphatic heterocycles. The lowest BCUT2D eigenvalue weighted by Gasteiger charge is -2.48. The lowest BCUT2D eigenvalue weighted by Crippen LogP contribution is -2.52. The van der Waals surface area contributed by atoms with Crippen molar-refractivity contribution in [2.45, 2.75) is 57.2 Å². The van der Waals surface area contributed by atoms with Crippen molar-refractivity contribution in [3.63, 3.8) is 0 Å². The van der Waals surface area contributed by atoms with Crippen LogP contribution in [0.1, 0.15) is 59.2 Å². The van der Waals surface area contributed by atoms with Gasteiger partial charge in [0.1, 0.15) is 0 Å². The fourth-order valence-electron chi connectivity index (χ4n) is 5.49. The van der Waals surface area contributed by atoms with Gasteiger partial charge < -0.3 is 0 Å². The van der Waals surface area contributed by atoms with Crippen LogP contribution >= 0.6 is 0 Å². The molecule has 27 heavy (non-hydrogen) atoms. The van der Waals surface area contributed by atoms with E-state index in [1.807, 2.05) is 6.07 Å². The summed E-state index contributed by atoms with van der Waals surface area (Å²) in [7, 11) is 0. The van der Waals surface area contributed by atoms with E-state index in [4.69, 9.17) is 0 Å². The predicted molar refractivity (Wildman–Crippen MR) is 110 cm³/mol. The topological polar surface area (TPSA) is 20.3 Å². The molecule has 1 aliphatic carbocycles. The number of fused-ring (bicyclic) bond motifs is 3. The maximum Gasteiger partial charge on any atom is 0.166 e. The minimum absolute atomic E-state index is 0.194. The second-order valence-electron chi connectivity index (χ2n) is 8.41. The third-order valence-electron chi connectivity index (χ3n) is 6.80. The standard InChI is InChI=1S/C25H27NO/c27-25(24-14-5-10-19-9-4-13-23(19)24)20-15-21-11-6-12-22(16-20)26(21)17-18-7-2-1-3-8-18/h1-5,7-10,14,20-22H,6,11-13,15-17H2. The van der Waals surface area contributed by atoms with Crippen molar-refractivity contribution >= 4 is 11.9 Å². The van der Waals surface area contributed by atoms with Crippen molar-refractivity contribution in [3.8, 4) is 0 Å². The lowest BCUT2D eigenvalue weighted by atomic mass is 9.75. The van der Waals surface area contributed by atoms with Crippen molar-refractivity contribution < 1.29 is 4.79 Å². The largest absolute Gasteiger partial charge is 0.294 e. The van der Waals surface area contributed by atoms with E-state index in [2.05, 4.69) is 59.5 Å². The summed E-state index contributed by atoms with van der Waals surface area (Å²) in [6, 6.07) is 18.2. The Hall–Kier alpha value is -2.19. The Morgan fingerprint density at radius 1 is 0.963 bits per heavy atom. The molecule has 0 N–H and O–H groups in total. The van der Waals surface area contributed by atoms with Gasteiger partial charge in [0.05, 0.1) is 0 Å². The van der Waals surface area contributed by atoms with Gasteiger partial charge in [0, 0.05) is 30.1 Å². The number of benzene rings is 2. The van der Waals surface area contributed by atoms with Crippen molar-refractivity contribution in [2.75, 3.05) is 0 Å². The van der Waals surface area contributed by atoms with Crippen LogP contribution in [0.2, 0.25) is 0 Å². The van der Waals surface area contributed by atoms with Crippen LogP contribution in [0, 0.1) is 5.92 Å². The van der Waals surface area contributed by atoms with E-state index < -0.39 is 0 Å². The van der Waals surface area contributed by atoms with Gasteiger partial charge in [-0.3, -0.25) is 9.69 Å². The third kappa shape index (κ3) is 3.17. The van der Waals surface area contributed by atoms with E-state index in [1.54, 1.807) is 0 Å². The zero-order valence-corrected chi connectivity index (χ0v) is 15.8. The van der Waals surface area contributed by atoms with Gasteiger partial charge in [-0.1, -0.05) is 67.1 Å². The molecule has 2 saturated heterocycles. The van der Waals surface area contributed by atoms with Crippen LogP contribution in [0.15, 0.2) is 54.6 Å². The lowest BCUT2D eigenvalue weighted by molar-refractivity contribution is 0.00904. The first-order valence-corrected chi connectivity index (χ1v) is 10.4. The highest BCUT2D eigenvalue weighted by atomic mass is 16.1. The molecular weight excluding hydrogens is 330 g/mol. The Morgan fingerprint density at radius 2 is 1.74 bits per heavy atom. The summed E-state index contributed by atoms with van der Waals surface area (Å²) >= 11 is 0. The fourth-order valence-corrected chi connectivity index (χ4v) is 5.49. The van der Waals surface area contributed by atoms with Crippen molar-refractivity contribution in [3.05, 3.63) is 76.9 Å². The smallest absolute Gasteiger partial charge is 0.166 e. The highest BCUT2D eigenvalue weighted by Gasteiger charge is 2.41. The van der Waals surface area contributed by atoms with Gasteiger partial charge in [-0.25, -0.2) is 0 Å². The molecule has 2 bridgehead atoms. The molecule has 0 radical (unpaired) electrons. The van der Waals surface area contributed by atoms with E-state index in [-0.39, 0.29) is 5.92 Å². The fraction of sp³-hybridized carbons (Fsp3) is 0.400. The van der Waals surface area contributed by atoms with Gasteiger partial charge in [0.25, 0.3) is 0 Å². The van der Waals surface area contributed by atoms with Crippen LogP contribution in [0.25, 0.3) is 6.08 Å². The summed E-state index contributed by atoms with van der Waals surface area (Å²) in [5, 5.41) is 0. The van der Waals surface area contributed by atoms with Crippen molar-refractivity contribution in [1.29, 1.82) is 0 Å². The zero-order chi connectivity index (χ0) is 18.2. The van der Waals surface area contributed by atoms with E-state index in [0.717, 1.165) is 31.4 Å². The number of Topliss-reactive ketones (excluding diaryl/α,β-unsaturated/α-hetero) is 1. The number of hydrogen-bond acceptors (Lipinski definition) is 2. The highest BCUT2D eigenvalue weighted by Crippen LogP contribution is 2.40. The second kappa shape index (κ2) is 7.09. The molecule has 2 fully saturated rings. The number of piperidine rings is 2. The molecule has 2 unspecified atom stereocenters. The number of rotatable bonds is 4. The van der Waals surface area contributed by atoms with Crippen molar-refractivity contribution in [2.24, 2.45) is 5.92 Å². The molecule has 2 atom stereocenters. The van der Waals surface area contributed by atoms with E-state index in [1.165, 1.54) is 36.0 Å². The first kappa shape index (κ1) is 16.9. The molecule has 2 aromatic carbocycles. The van der Waals surface area contributed by atoms with Gasteiger partial charge in [0.2, 0.25) is 0 Å². The Bertz CT molecular complexity index is 855. The van der Waals surface area contributed by atoms with Crippen LogP contribution in [-0.4, -0.2) is 22.8 Å². The zero-order valence-electron chi connectivity index (χ0n) is 15.8. The number of carbonyl (C=O) groups is 1. The Morgan fingerprint density at radius 3 is 2.52 bits per heavy atom. The summed E-state index contributed by atoms with van der Waals surface area (Å²) in [6.45, 7) is 1.03. The number of allylic oxidation sites excluding steroid dienone is 1. The Labute approximate surface area is 161 Å². The van der Waals surface area contributed by atoms with E-state index >= 15 is 0 Å². The van der Waals surface area contributed by atoms with Crippen LogP contribution in [0.4, 0.5) is 0 Å². The maximum absolute atomic E-state index is 13.4. The van der Waals surface area contributed by atoms with Crippen LogP contribution in [0.3, 0.4) is 0 Å². The summed E-state index contributed by atoms with van der Waals surface area (Å²) in [4.78, 5) is 16.1. The first-order valence-electron chi connectivity index (χ1n) is 10.4. The molecule has 0 saturated carbocycles. The third-order valence-corrected chi connectivity index (χ3v) is 6.80. The molecule has 5 rings (SSSR count). The Balaban J connectivity index is 1.36. The highest BCUT2D eigenvalue weighted by molar-refractivity contribution is 6.00. The van der Waals surface area contributed by atoms with Gasteiger partial charge in [-0.2, -0.15) is 0 Å². The van der Waals surface area contributed by atoms with E-state index in [9.17, 15) is 4.79 Å². The molecule has 138 valence electrons. The normalized spacial score (nSPS) is 26.7. The van der Waals surface area contributed by atoms with Gasteiger partial charge in [0.15, 0.2) is 5.78 Å². The summed E-state index contributed by atoms with van der Waals surface area (Å²) in [6.07, 6.45) is 11.1. The SMILES string of the molecule is O=C(c1cccc2c1CC=C2)C1CC2CCCC(C1)N2Cc1ccccc1. The van der Waals surface area contributed by atoms with Crippen LogP contribution < -0.4 is 0 Å². The second-order valence-corrected chi connectivity index (χ2v) is 8.41. The maximum atomic E-state index is 13.4. The van der Waals surface area contributed by atoms with Gasteiger partial charge >= 0.3 is 0 Å². The number of nitrogens with zero attached hydrogens (tertiary/aromatic N) is 1. The van der Waals surface area contributed by atoms with Gasteiger partial charge in [-0.05, 0) is 48.8 Å². The minimum Gasteiger partial charge on any atom is -0.294 e. The summed E-state index contributed by atoms with van der Waals surface area (Å²) < 4.78 is 0. The average molecular weight is 357 g/mol. The average Bonchev–Trinajstić information content (AvgIpc) is 3.17. The molecule has 0 amide bonds. The Kier molecular flexibility index (Phi) is 4.45. The molecule has 2 nitrogen and oxygen atoms in total. The van der Waals surface area contributed by atoms with E-state index in [0.29, 0.717) is 17.9 Å². The number of carbonyl (C=O) groups excluding carboxylic acids is 1. The molecule has 3 aliphatic rings. The molecule has 0 aromatic heterocycles. The summed E-state index contributed by atoms with van der Waals surface area (Å²) in [5.74, 6) is 0.589. The number of ketones is 1. The molecule has 2 heterocycles. The molecule has 0 spiro atoms. The van der Waals surface area contributed by atoms with Crippen molar-refractivity contribution in [1.82, 2.24) is 4.90 Å². The minimum atomic E-state index is 0.194. The van der Waals surface area contributed by atoms with Gasteiger partial charge in [-0.15, -0.1) is 0 Å². The molecule has 2 heteroatoms. The molecular formula is C25H27NO. The monoisotopic (exact) mass is 357 g/mol.